The third-order valence-electron chi connectivity index (χ3n) is 4.66. The van der Waals surface area contributed by atoms with Crippen LogP contribution >= 0.6 is 0 Å². The van der Waals surface area contributed by atoms with Gasteiger partial charge in [0.05, 0.1) is 6.61 Å². The molecule has 1 aliphatic heterocycles. The van der Waals surface area contributed by atoms with Crippen LogP contribution < -0.4 is 0 Å². The van der Waals surface area contributed by atoms with Crippen LogP contribution in [-0.4, -0.2) is 60.1 Å². The highest BCUT2D eigenvalue weighted by atomic mass is 16.3. The number of nitrogens with zero attached hydrogens (tertiary/aromatic N) is 2. The molecule has 2 rings (SSSR count). The van der Waals surface area contributed by atoms with E-state index < -0.39 is 0 Å². The van der Waals surface area contributed by atoms with Crippen molar-refractivity contribution in [1.82, 2.24) is 9.80 Å². The standard InChI is InChI=1S/C14H26N2O2/c1-14(2)5-3-4-12(14)13(18)16-8-6-15(7-9-16)10-11-17/h12,17H,3-11H2,1-2H3. The Hall–Kier alpha value is -0.610. The van der Waals surface area contributed by atoms with Gasteiger partial charge in [-0.1, -0.05) is 20.3 Å². The molecule has 18 heavy (non-hydrogen) atoms. The van der Waals surface area contributed by atoms with E-state index >= 15 is 0 Å². The number of amides is 1. The Morgan fingerprint density at radius 2 is 1.94 bits per heavy atom. The number of piperazine rings is 1. The van der Waals surface area contributed by atoms with Crippen LogP contribution in [-0.2, 0) is 4.79 Å². The second kappa shape index (κ2) is 5.57. The van der Waals surface area contributed by atoms with Crippen LogP contribution in [0.15, 0.2) is 0 Å². The van der Waals surface area contributed by atoms with Crippen LogP contribution in [0, 0.1) is 11.3 Å². The molecule has 1 saturated heterocycles. The summed E-state index contributed by atoms with van der Waals surface area (Å²) in [7, 11) is 0. The summed E-state index contributed by atoms with van der Waals surface area (Å²) < 4.78 is 0. The van der Waals surface area contributed by atoms with E-state index in [1.807, 2.05) is 4.90 Å². The second-order valence-electron chi connectivity index (χ2n) is 6.32. The zero-order valence-corrected chi connectivity index (χ0v) is 11.7. The lowest BCUT2D eigenvalue weighted by Gasteiger charge is -2.38. The van der Waals surface area contributed by atoms with Gasteiger partial charge in [0, 0.05) is 38.6 Å². The number of carbonyl (C=O) groups is 1. The second-order valence-corrected chi connectivity index (χ2v) is 6.32. The fourth-order valence-corrected chi connectivity index (χ4v) is 3.34. The number of carbonyl (C=O) groups excluding carboxylic acids is 1. The molecule has 4 nitrogen and oxygen atoms in total. The maximum absolute atomic E-state index is 12.5. The van der Waals surface area contributed by atoms with Gasteiger partial charge >= 0.3 is 0 Å². The van der Waals surface area contributed by atoms with Crippen LogP contribution in [0.25, 0.3) is 0 Å². The maximum Gasteiger partial charge on any atom is 0.226 e. The first-order valence-electron chi connectivity index (χ1n) is 7.16. The normalized spacial score (nSPS) is 28.6. The van der Waals surface area contributed by atoms with Crippen molar-refractivity contribution in [3.05, 3.63) is 0 Å². The SMILES string of the molecule is CC1(C)CCCC1C(=O)N1CCN(CCO)CC1. The summed E-state index contributed by atoms with van der Waals surface area (Å²) in [5.74, 6) is 0.586. The monoisotopic (exact) mass is 254 g/mol. The van der Waals surface area contributed by atoms with E-state index in [1.54, 1.807) is 0 Å². The number of β-amino-alcohol motifs (C(OH)–C–C–N with tert-alkyl or cyclic N) is 1. The Morgan fingerprint density at radius 1 is 1.28 bits per heavy atom. The molecule has 1 unspecified atom stereocenters. The molecule has 0 radical (unpaired) electrons. The van der Waals surface area contributed by atoms with Gasteiger partial charge in [-0.15, -0.1) is 0 Å². The Morgan fingerprint density at radius 3 is 2.44 bits per heavy atom. The predicted octanol–water partition coefficient (Wildman–Crippen LogP) is 0.949. The minimum atomic E-state index is 0.180. The highest BCUT2D eigenvalue weighted by Gasteiger charge is 2.41. The average molecular weight is 254 g/mol. The van der Waals surface area contributed by atoms with Crippen molar-refractivity contribution in [2.24, 2.45) is 11.3 Å². The van der Waals surface area contributed by atoms with Gasteiger partial charge in [0.2, 0.25) is 5.91 Å². The van der Waals surface area contributed by atoms with E-state index in [0.29, 0.717) is 5.91 Å². The Kier molecular flexibility index (Phi) is 4.28. The van der Waals surface area contributed by atoms with E-state index in [0.717, 1.165) is 39.1 Å². The Labute approximate surface area is 110 Å². The first kappa shape index (κ1) is 13.8. The Bertz CT molecular complexity index is 296. The van der Waals surface area contributed by atoms with Crippen molar-refractivity contribution in [1.29, 1.82) is 0 Å². The fraction of sp³-hybridized carbons (Fsp3) is 0.929. The first-order chi connectivity index (χ1) is 8.54. The smallest absolute Gasteiger partial charge is 0.226 e. The van der Waals surface area contributed by atoms with E-state index in [-0.39, 0.29) is 17.9 Å². The minimum absolute atomic E-state index is 0.180. The summed E-state index contributed by atoms with van der Waals surface area (Å²) in [5, 5.41) is 8.91. The lowest BCUT2D eigenvalue weighted by atomic mass is 9.81. The average Bonchev–Trinajstić information content (AvgIpc) is 2.69. The van der Waals surface area contributed by atoms with Crippen LogP contribution in [0.4, 0.5) is 0 Å². The molecule has 2 aliphatic rings. The molecule has 1 N–H and O–H groups in total. The molecule has 0 aromatic heterocycles. The molecule has 1 amide bonds. The van der Waals surface area contributed by atoms with Gasteiger partial charge in [-0.25, -0.2) is 0 Å². The topological polar surface area (TPSA) is 43.8 Å². The first-order valence-corrected chi connectivity index (χ1v) is 7.16. The summed E-state index contributed by atoms with van der Waals surface area (Å²) in [6, 6.07) is 0. The van der Waals surface area contributed by atoms with Crippen molar-refractivity contribution in [2.75, 3.05) is 39.3 Å². The molecule has 0 aromatic rings. The highest BCUT2D eigenvalue weighted by Crippen LogP contribution is 2.43. The lowest BCUT2D eigenvalue weighted by molar-refractivity contribution is -0.140. The molecular formula is C14H26N2O2. The van der Waals surface area contributed by atoms with Gasteiger partial charge in [0.1, 0.15) is 0 Å². The van der Waals surface area contributed by atoms with E-state index in [1.165, 1.54) is 12.8 Å². The maximum atomic E-state index is 12.5. The molecule has 4 heteroatoms. The Balaban J connectivity index is 1.88. The number of hydrogen-bond donors (Lipinski definition) is 1. The van der Waals surface area contributed by atoms with Crippen LogP contribution in [0.2, 0.25) is 0 Å². The zero-order chi connectivity index (χ0) is 13.2. The molecule has 0 spiro atoms. The molecule has 0 bridgehead atoms. The molecule has 1 heterocycles. The lowest BCUT2D eigenvalue weighted by Crippen LogP contribution is -2.51. The highest BCUT2D eigenvalue weighted by molar-refractivity contribution is 5.80. The van der Waals surface area contributed by atoms with Crippen molar-refractivity contribution in [3.8, 4) is 0 Å². The van der Waals surface area contributed by atoms with Gasteiger partial charge in [0.15, 0.2) is 0 Å². The van der Waals surface area contributed by atoms with Gasteiger partial charge in [-0.05, 0) is 18.3 Å². The molecule has 1 saturated carbocycles. The quantitative estimate of drug-likeness (QED) is 0.815. The van der Waals surface area contributed by atoms with Crippen molar-refractivity contribution < 1.29 is 9.90 Å². The van der Waals surface area contributed by atoms with E-state index in [4.69, 9.17) is 5.11 Å². The van der Waals surface area contributed by atoms with Gasteiger partial charge in [0.25, 0.3) is 0 Å². The summed E-state index contributed by atoms with van der Waals surface area (Å²) in [6.45, 7) is 8.85. The summed E-state index contributed by atoms with van der Waals surface area (Å²) in [4.78, 5) is 16.8. The largest absolute Gasteiger partial charge is 0.395 e. The fourth-order valence-electron chi connectivity index (χ4n) is 3.34. The van der Waals surface area contributed by atoms with Crippen LogP contribution in [0.3, 0.4) is 0 Å². The number of aliphatic hydroxyl groups excluding tert-OH is 1. The van der Waals surface area contributed by atoms with Crippen molar-refractivity contribution in [3.63, 3.8) is 0 Å². The summed E-state index contributed by atoms with van der Waals surface area (Å²) >= 11 is 0. The molecule has 0 aromatic carbocycles. The summed E-state index contributed by atoms with van der Waals surface area (Å²) in [6.07, 6.45) is 3.42. The number of aliphatic hydroxyl groups is 1. The third kappa shape index (κ3) is 2.86. The van der Waals surface area contributed by atoms with Gasteiger partial charge < -0.3 is 10.0 Å². The van der Waals surface area contributed by atoms with Crippen LogP contribution in [0.5, 0.6) is 0 Å². The van der Waals surface area contributed by atoms with Gasteiger partial charge in [-0.3, -0.25) is 9.69 Å². The van der Waals surface area contributed by atoms with Crippen molar-refractivity contribution in [2.45, 2.75) is 33.1 Å². The van der Waals surface area contributed by atoms with Gasteiger partial charge in [-0.2, -0.15) is 0 Å². The molecule has 1 atom stereocenters. The van der Waals surface area contributed by atoms with Crippen LogP contribution in [0.1, 0.15) is 33.1 Å². The number of rotatable bonds is 3. The predicted molar refractivity (Wildman–Crippen MR) is 71.2 cm³/mol. The molecular weight excluding hydrogens is 228 g/mol. The van der Waals surface area contributed by atoms with Crippen molar-refractivity contribution >= 4 is 5.91 Å². The number of hydrogen-bond acceptors (Lipinski definition) is 3. The third-order valence-corrected chi connectivity index (χ3v) is 4.66. The summed E-state index contributed by atoms with van der Waals surface area (Å²) in [5.41, 5.74) is 0.180. The molecule has 1 aliphatic carbocycles. The van der Waals surface area contributed by atoms with E-state index in [9.17, 15) is 4.79 Å². The van der Waals surface area contributed by atoms with E-state index in [2.05, 4.69) is 18.7 Å². The zero-order valence-electron chi connectivity index (χ0n) is 11.7. The molecule has 2 fully saturated rings. The molecule has 104 valence electrons. The minimum Gasteiger partial charge on any atom is -0.395 e.